The average molecular weight is 572 g/mol. The Labute approximate surface area is 187 Å². The Morgan fingerprint density at radius 2 is 1.07 bits per heavy atom. The van der Waals surface area contributed by atoms with Crippen molar-refractivity contribution in [3.05, 3.63) is 96.8 Å². The zero-order valence-electron chi connectivity index (χ0n) is 15.8. The monoisotopic (exact) mass is 571 g/mol. The quantitative estimate of drug-likeness (QED) is 0.294. The molecule has 0 unspecified atom stereocenters. The fraction of sp³-hybridized carbons (Fsp3) is 0.0435. The van der Waals surface area contributed by atoms with Crippen molar-refractivity contribution in [1.29, 1.82) is 0 Å². The van der Waals surface area contributed by atoms with Gasteiger partial charge in [0.05, 0.1) is 11.0 Å². The molecule has 4 heterocycles. The van der Waals surface area contributed by atoms with Crippen LogP contribution in [0.25, 0.3) is 32.6 Å². The maximum atomic E-state index is 4.52. The molecule has 0 radical (unpaired) electrons. The van der Waals surface area contributed by atoms with Gasteiger partial charge in [0.2, 0.25) is 0 Å². The molecular weight excluding hydrogens is 555 g/mol. The Morgan fingerprint density at radius 1 is 0.567 bits per heavy atom. The van der Waals surface area contributed by atoms with Crippen molar-refractivity contribution in [3.63, 3.8) is 0 Å². The molecular formula is C23H16N6Pt. The molecule has 0 N–H and O–H groups in total. The average Bonchev–Trinajstić information content (AvgIpc) is 3.49. The zero-order chi connectivity index (χ0) is 19.5. The van der Waals surface area contributed by atoms with E-state index in [2.05, 4.69) is 66.8 Å². The van der Waals surface area contributed by atoms with Crippen molar-refractivity contribution >= 4 is 32.6 Å². The fourth-order valence-electron chi connectivity index (χ4n) is 3.38. The van der Waals surface area contributed by atoms with Gasteiger partial charge in [-0.2, -0.15) is 0 Å². The van der Waals surface area contributed by atoms with Gasteiger partial charge in [-0.1, -0.05) is 48.5 Å². The largest absolute Gasteiger partial charge is 2.00 e. The SMILES string of the molecule is [Pt+2].c1cc(Cc2ccn[n-]2)[n-]n1.c1cnc2c(c1)ccc1ccc3cccnc3c12. The van der Waals surface area contributed by atoms with Crippen molar-refractivity contribution in [2.24, 2.45) is 0 Å². The van der Waals surface area contributed by atoms with E-state index in [0.29, 0.717) is 0 Å². The smallest absolute Gasteiger partial charge is 0.579 e. The van der Waals surface area contributed by atoms with Crippen LogP contribution in [-0.4, -0.2) is 20.2 Å². The summed E-state index contributed by atoms with van der Waals surface area (Å²) >= 11 is 0. The Kier molecular flexibility index (Phi) is 5.96. The molecule has 0 atom stereocenters. The predicted octanol–water partition coefficient (Wildman–Crippen LogP) is 3.92. The molecule has 0 aliphatic heterocycles. The topological polar surface area (TPSA) is 79.8 Å². The summed E-state index contributed by atoms with van der Waals surface area (Å²) in [6.45, 7) is 0. The van der Waals surface area contributed by atoms with Crippen LogP contribution in [0.1, 0.15) is 11.4 Å². The molecule has 6 nitrogen and oxygen atoms in total. The minimum Gasteiger partial charge on any atom is -0.579 e. The summed E-state index contributed by atoms with van der Waals surface area (Å²) in [5, 5.41) is 19.8. The maximum Gasteiger partial charge on any atom is 2.00 e. The van der Waals surface area contributed by atoms with Gasteiger partial charge in [-0.25, -0.2) is 0 Å². The molecule has 0 spiro atoms. The molecule has 0 aliphatic rings. The molecule has 6 aromatic rings. The molecule has 6 rings (SSSR count). The van der Waals surface area contributed by atoms with E-state index < -0.39 is 0 Å². The third-order valence-corrected chi connectivity index (χ3v) is 4.73. The minimum absolute atomic E-state index is 0. The van der Waals surface area contributed by atoms with E-state index >= 15 is 0 Å². The van der Waals surface area contributed by atoms with Crippen LogP contribution in [-0.2, 0) is 27.5 Å². The van der Waals surface area contributed by atoms with Crippen molar-refractivity contribution in [2.45, 2.75) is 6.42 Å². The number of aromatic nitrogens is 6. The molecule has 2 aromatic carbocycles. The number of fused-ring (bicyclic) bond motifs is 5. The number of pyridine rings is 2. The number of rotatable bonds is 2. The van der Waals surface area contributed by atoms with Crippen LogP contribution >= 0.6 is 0 Å². The van der Waals surface area contributed by atoms with Crippen LogP contribution < -0.4 is 10.2 Å². The summed E-state index contributed by atoms with van der Waals surface area (Å²) in [6.07, 6.45) is 7.74. The molecule has 4 aromatic heterocycles. The van der Waals surface area contributed by atoms with Crippen LogP contribution in [0.4, 0.5) is 0 Å². The molecule has 0 saturated heterocycles. The Hall–Kier alpha value is -3.37. The first kappa shape index (κ1) is 19.9. The number of hydrogen-bond donors (Lipinski definition) is 0. The van der Waals surface area contributed by atoms with Crippen LogP contribution in [0.3, 0.4) is 0 Å². The summed E-state index contributed by atoms with van der Waals surface area (Å²) in [6, 6.07) is 20.3. The molecule has 0 bridgehead atoms. The second kappa shape index (κ2) is 8.97. The van der Waals surface area contributed by atoms with E-state index in [1.807, 2.05) is 36.7 Å². The minimum atomic E-state index is 0. The number of hydrogen-bond acceptors (Lipinski definition) is 4. The van der Waals surface area contributed by atoms with Crippen LogP contribution in [0.5, 0.6) is 0 Å². The normalized spacial score (nSPS) is 10.5. The van der Waals surface area contributed by atoms with Gasteiger partial charge in [0.25, 0.3) is 0 Å². The summed E-state index contributed by atoms with van der Waals surface area (Å²) < 4.78 is 0. The molecule has 0 saturated carbocycles. The van der Waals surface area contributed by atoms with Crippen molar-refractivity contribution in [1.82, 2.24) is 30.4 Å². The summed E-state index contributed by atoms with van der Waals surface area (Å²) in [5.74, 6) is 0. The first-order valence-electron chi connectivity index (χ1n) is 9.26. The van der Waals surface area contributed by atoms with Gasteiger partial charge in [-0.15, -0.1) is 11.4 Å². The van der Waals surface area contributed by atoms with Gasteiger partial charge in [-0.05, 0) is 23.9 Å². The summed E-state index contributed by atoms with van der Waals surface area (Å²) in [4.78, 5) is 9.04. The standard InChI is InChI=1S/C16H10N2.C7H6N4.Pt/c1-3-12-7-5-11-6-8-13-4-2-10-18-16(13)14(11)15(12)17-9-1;1-3-8-10-6(1)5-7-2-4-9-11-7;/h1-10H;1-4H,5H2;/q;-2;+2. The summed E-state index contributed by atoms with van der Waals surface area (Å²) in [5.41, 5.74) is 3.93. The third-order valence-electron chi connectivity index (χ3n) is 4.73. The fourth-order valence-corrected chi connectivity index (χ4v) is 3.38. The number of nitrogens with zero attached hydrogens (tertiary/aromatic N) is 6. The van der Waals surface area contributed by atoms with Gasteiger partial charge in [0.1, 0.15) is 0 Å². The maximum absolute atomic E-state index is 4.52. The van der Waals surface area contributed by atoms with Gasteiger partial charge < -0.3 is 20.4 Å². The summed E-state index contributed by atoms with van der Waals surface area (Å²) in [7, 11) is 0. The molecule has 0 aliphatic carbocycles. The first-order chi connectivity index (χ1) is 14.4. The van der Waals surface area contributed by atoms with Gasteiger partial charge in [0, 0.05) is 40.9 Å². The Morgan fingerprint density at radius 3 is 1.53 bits per heavy atom. The van der Waals surface area contributed by atoms with Gasteiger partial charge >= 0.3 is 21.1 Å². The molecule has 0 amide bonds. The zero-order valence-corrected chi connectivity index (χ0v) is 18.1. The van der Waals surface area contributed by atoms with Crippen molar-refractivity contribution in [3.8, 4) is 0 Å². The van der Waals surface area contributed by atoms with Crippen LogP contribution in [0.15, 0.2) is 85.5 Å². The van der Waals surface area contributed by atoms with Crippen molar-refractivity contribution in [2.75, 3.05) is 0 Å². The van der Waals surface area contributed by atoms with E-state index in [9.17, 15) is 0 Å². The Balaban J connectivity index is 0.000000157. The second-order valence-electron chi connectivity index (χ2n) is 6.60. The number of benzene rings is 2. The van der Waals surface area contributed by atoms with E-state index in [-0.39, 0.29) is 21.1 Å². The van der Waals surface area contributed by atoms with E-state index in [0.717, 1.165) is 45.0 Å². The van der Waals surface area contributed by atoms with Crippen LogP contribution in [0.2, 0.25) is 0 Å². The molecule has 7 heteroatoms. The van der Waals surface area contributed by atoms with Crippen LogP contribution in [0, 0.1) is 0 Å². The second-order valence-corrected chi connectivity index (χ2v) is 6.60. The van der Waals surface area contributed by atoms with Crippen molar-refractivity contribution < 1.29 is 21.1 Å². The predicted molar refractivity (Wildman–Crippen MR) is 112 cm³/mol. The van der Waals surface area contributed by atoms with E-state index in [4.69, 9.17) is 0 Å². The molecule has 0 fully saturated rings. The molecule has 30 heavy (non-hydrogen) atoms. The van der Waals surface area contributed by atoms with E-state index in [1.54, 1.807) is 12.4 Å². The van der Waals surface area contributed by atoms with Gasteiger partial charge in [0.15, 0.2) is 0 Å². The Bertz CT molecular complexity index is 1270. The van der Waals surface area contributed by atoms with E-state index in [1.165, 1.54) is 5.39 Å². The van der Waals surface area contributed by atoms with Gasteiger partial charge in [-0.3, -0.25) is 9.97 Å². The first-order valence-corrected chi connectivity index (χ1v) is 9.26. The third kappa shape index (κ3) is 4.00. The molecule has 148 valence electrons.